The van der Waals surface area contributed by atoms with Crippen LogP contribution in [0.3, 0.4) is 0 Å². The molecule has 16 heavy (non-hydrogen) atoms. The minimum Gasteiger partial charge on any atom is -0.363 e. The zero-order chi connectivity index (χ0) is 12.1. The number of benzene rings is 1. The number of nitrogens with zero attached hydrogens (tertiary/aromatic N) is 1. The van der Waals surface area contributed by atoms with E-state index in [0.717, 1.165) is 6.54 Å². The third-order valence-corrected chi connectivity index (χ3v) is 3.84. The maximum absolute atomic E-state index is 4.27. The van der Waals surface area contributed by atoms with E-state index in [0.29, 0.717) is 0 Å². The van der Waals surface area contributed by atoms with Crippen LogP contribution in [0.4, 0.5) is 0 Å². The number of hydrogen-bond acceptors (Lipinski definition) is 1. The lowest BCUT2D eigenvalue weighted by Crippen LogP contribution is -2.34. The molecule has 0 radical (unpaired) electrons. The molecule has 1 heteroatoms. The van der Waals surface area contributed by atoms with Gasteiger partial charge in [0.05, 0.1) is 5.54 Å². The fraction of sp³-hybridized carbons (Fsp3) is 0.467. The van der Waals surface area contributed by atoms with E-state index in [4.69, 9.17) is 0 Å². The van der Waals surface area contributed by atoms with Gasteiger partial charge in [0.15, 0.2) is 0 Å². The number of hydrogen-bond donors (Lipinski definition) is 0. The van der Waals surface area contributed by atoms with Gasteiger partial charge in [-0.25, -0.2) is 0 Å². The van der Waals surface area contributed by atoms with Crippen molar-refractivity contribution in [2.45, 2.75) is 40.2 Å². The molecule has 2 rings (SSSR count). The normalized spacial score (nSPS) is 17.8. The molecule has 0 bridgehead atoms. The van der Waals surface area contributed by atoms with Crippen molar-refractivity contribution in [3.63, 3.8) is 0 Å². The summed E-state index contributed by atoms with van der Waals surface area (Å²) in [4.78, 5) is 2.40. The third-order valence-electron chi connectivity index (χ3n) is 3.84. The number of fused-ring (bicyclic) bond motifs is 1. The molecule has 0 N–H and O–H groups in total. The molecule has 0 aromatic heterocycles. The van der Waals surface area contributed by atoms with Crippen LogP contribution in [0.1, 0.15) is 43.0 Å². The minimum atomic E-state index is 0.0806. The number of rotatable bonds is 1. The van der Waals surface area contributed by atoms with Crippen LogP contribution in [-0.2, 0) is 5.54 Å². The van der Waals surface area contributed by atoms with Crippen LogP contribution in [-0.4, -0.2) is 11.4 Å². The predicted molar refractivity (Wildman–Crippen MR) is 70.4 cm³/mol. The van der Waals surface area contributed by atoms with Gasteiger partial charge in [0.25, 0.3) is 0 Å². The van der Waals surface area contributed by atoms with Gasteiger partial charge < -0.3 is 4.90 Å². The zero-order valence-electron chi connectivity index (χ0n) is 11.0. The van der Waals surface area contributed by atoms with E-state index >= 15 is 0 Å². The maximum Gasteiger partial charge on any atom is 0.0606 e. The van der Waals surface area contributed by atoms with Crippen molar-refractivity contribution in [1.29, 1.82) is 0 Å². The lowest BCUT2D eigenvalue weighted by molar-refractivity contribution is 0.229. The summed E-state index contributed by atoms with van der Waals surface area (Å²) >= 11 is 0. The molecule has 0 spiro atoms. The Morgan fingerprint density at radius 2 is 1.75 bits per heavy atom. The van der Waals surface area contributed by atoms with Gasteiger partial charge in [0.1, 0.15) is 0 Å². The second-order valence-corrected chi connectivity index (χ2v) is 5.20. The van der Waals surface area contributed by atoms with Gasteiger partial charge in [-0.1, -0.05) is 18.7 Å². The topological polar surface area (TPSA) is 3.24 Å². The summed E-state index contributed by atoms with van der Waals surface area (Å²) in [6.07, 6.45) is 0. The lowest BCUT2D eigenvalue weighted by Gasteiger charge is -2.34. The Hall–Kier alpha value is -1.24. The highest BCUT2D eigenvalue weighted by Crippen LogP contribution is 2.47. The Morgan fingerprint density at radius 1 is 1.19 bits per heavy atom. The van der Waals surface area contributed by atoms with Crippen molar-refractivity contribution >= 4 is 5.70 Å². The summed E-state index contributed by atoms with van der Waals surface area (Å²) in [7, 11) is 0. The third kappa shape index (κ3) is 1.24. The van der Waals surface area contributed by atoms with E-state index < -0.39 is 0 Å². The molecule has 86 valence electrons. The fourth-order valence-corrected chi connectivity index (χ4v) is 3.16. The van der Waals surface area contributed by atoms with Gasteiger partial charge in [0.2, 0.25) is 0 Å². The van der Waals surface area contributed by atoms with Crippen molar-refractivity contribution in [2.24, 2.45) is 0 Å². The lowest BCUT2D eigenvalue weighted by atomic mass is 9.88. The highest BCUT2D eigenvalue weighted by molar-refractivity contribution is 5.75. The van der Waals surface area contributed by atoms with E-state index in [-0.39, 0.29) is 5.54 Å². The Morgan fingerprint density at radius 3 is 2.25 bits per heavy atom. The van der Waals surface area contributed by atoms with Crippen LogP contribution < -0.4 is 0 Å². The highest BCUT2D eigenvalue weighted by atomic mass is 15.2. The molecule has 1 aromatic carbocycles. The van der Waals surface area contributed by atoms with Gasteiger partial charge in [-0.05, 0) is 51.3 Å². The molecule has 0 atom stereocenters. The van der Waals surface area contributed by atoms with Crippen molar-refractivity contribution in [1.82, 2.24) is 4.90 Å². The molecule has 1 heterocycles. The summed E-state index contributed by atoms with van der Waals surface area (Å²) in [6.45, 7) is 16.4. The first-order valence-corrected chi connectivity index (χ1v) is 5.98. The van der Waals surface area contributed by atoms with Crippen LogP contribution in [0, 0.1) is 13.8 Å². The standard InChI is InChI=1S/C15H21N/c1-7-16-12(4)13-10(2)8-9-11(3)14(13)15(16,5)6/h8-9H,4,7H2,1-3,5-6H3. The van der Waals surface area contributed by atoms with Crippen molar-refractivity contribution < 1.29 is 0 Å². The zero-order valence-corrected chi connectivity index (χ0v) is 11.0. The van der Waals surface area contributed by atoms with Crippen LogP contribution in [0.15, 0.2) is 18.7 Å². The first-order chi connectivity index (χ1) is 7.41. The van der Waals surface area contributed by atoms with Crippen LogP contribution >= 0.6 is 0 Å². The second-order valence-electron chi connectivity index (χ2n) is 5.20. The summed E-state index contributed by atoms with van der Waals surface area (Å²) < 4.78 is 0. The Labute approximate surface area is 98.8 Å². The first-order valence-electron chi connectivity index (χ1n) is 5.98. The van der Waals surface area contributed by atoms with Crippen LogP contribution in [0.5, 0.6) is 0 Å². The summed E-state index contributed by atoms with van der Waals surface area (Å²) in [5.74, 6) is 0. The fourth-order valence-electron chi connectivity index (χ4n) is 3.16. The van der Waals surface area contributed by atoms with Crippen molar-refractivity contribution in [2.75, 3.05) is 6.54 Å². The average Bonchev–Trinajstić information content (AvgIpc) is 2.41. The van der Waals surface area contributed by atoms with E-state index in [1.54, 1.807) is 0 Å². The van der Waals surface area contributed by atoms with Gasteiger partial charge in [0, 0.05) is 17.8 Å². The molecular formula is C15H21N. The van der Waals surface area contributed by atoms with E-state index in [1.165, 1.54) is 28.0 Å². The molecule has 1 aromatic rings. The first kappa shape index (κ1) is 11.3. The molecule has 0 unspecified atom stereocenters. The van der Waals surface area contributed by atoms with E-state index in [2.05, 4.69) is 58.2 Å². The molecule has 1 aliphatic rings. The molecule has 1 nitrogen and oxygen atoms in total. The predicted octanol–water partition coefficient (Wildman–Crippen LogP) is 3.84. The van der Waals surface area contributed by atoms with E-state index in [9.17, 15) is 0 Å². The van der Waals surface area contributed by atoms with Gasteiger partial charge in [-0.2, -0.15) is 0 Å². The Bertz CT molecular complexity index is 455. The molecular weight excluding hydrogens is 194 g/mol. The molecule has 0 saturated carbocycles. The quantitative estimate of drug-likeness (QED) is 0.688. The number of aryl methyl sites for hydroxylation is 2. The Balaban J connectivity index is 2.76. The second kappa shape index (κ2) is 3.38. The monoisotopic (exact) mass is 215 g/mol. The van der Waals surface area contributed by atoms with Crippen molar-refractivity contribution in [3.05, 3.63) is 41.0 Å². The summed E-state index contributed by atoms with van der Waals surface area (Å²) in [5.41, 5.74) is 6.81. The van der Waals surface area contributed by atoms with Crippen LogP contribution in [0.2, 0.25) is 0 Å². The Kier molecular flexibility index (Phi) is 2.37. The molecule has 0 amide bonds. The van der Waals surface area contributed by atoms with Crippen LogP contribution in [0.25, 0.3) is 5.70 Å². The molecule has 0 aliphatic carbocycles. The minimum absolute atomic E-state index is 0.0806. The average molecular weight is 215 g/mol. The summed E-state index contributed by atoms with van der Waals surface area (Å²) in [6, 6.07) is 4.43. The molecule has 0 fully saturated rings. The summed E-state index contributed by atoms with van der Waals surface area (Å²) in [5, 5.41) is 0. The smallest absolute Gasteiger partial charge is 0.0606 e. The molecule has 0 saturated heterocycles. The largest absolute Gasteiger partial charge is 0.363 e. The molecule has 1 aliphatic heterocycles. The maximum atomic E-state index is 4.27. The van der Waals surface area contributed by atoms with Gasteiger partial charge in [-0.3, -0.25) is 0 Å². The van der Waals surface area contributed by atoms with E-state index in [1.807, 2.05) is 0 Å². The van der Waals surface area contributed by atoms with Gasteiger partial charge >= 0.3 is 0 Å². The SMILES string of the molecule is C=C1c2c(C)ccc(C)c2C(C)(C)N1CC. The van der Waals surface area contributed by atoms with Gasteiger partial charge in [-0.15, -0.1) is 0 Å². The van der Waals surface area contributed by atoms with Crippen molar-refractivity contribution in [3.8, 4) is 0 Å². The highest BCUT2D eigenvalue weighted by Gasteiger charge is 2.40.